The summed E-state index contributed by atoms with van der Waals surface area (Å²) in [5, 5.41) is -0.605. The van der Waals surface area contributed by atoms with Crippen LogP contribution in [0.1, 0.15) is 46.5 Å². The quantitative estimate of drug-likeness (QED) is 0.138. The molecule has 0 aliphatic heterocycles. The van der Waals surface area contributed by atoms with E-state index >= 15 is 0 Å². The van der Waals surface area contributed by atoms with Crippen LogP contribution in [0, 0.1) is 5.92 Å². The van der Waals surface area contributed by atoms with E-state index in [4.69, 9.17) is 16.3 Å². The summed E-state index contributed by atoms with van der Waals surface area (Å²) in [6.45, 7) is 6.30. The van der Waals surface area contributed by atoms with Crippen molar-refractivity contribution in [3.63, 3.8) is 0 Å². The Labute approximate surface area is 172 Å². The van der Waals surface area contributed by atoms with Gasteiger partial charge in [-0.2, -0.15) is 0 Å². The highest BCUT2D eigenvalue weighted by Gasteiger charge is 2.19. The number of carbonyl (C=O) groups is 1. The van der Waals surface area contributed by atoms with Crippen LogP contribution in [0.2, 0.25) is 0 Å². The van der Waals surface area contributed by atoms with Gasteiger partial charge in [0.15, 0.2) is 0 Å². The summed E-state index contributed by atoms with van der Waals surface area (Å²) in [6, 6.07) is 16.2. The second kappa shape index (κ2) is 11.4. The zero-order chi connectivity index (χ0) is 19.6. The molecule has 27 heavy (non-hydrogen) atoms. The minimum atomic E-state index is -0.605. The zero-order valence-electron chi connectivity index (χ0n) is 16.4. The Morgan fingerprint density at radius 2 is 1.59 bits per heavy atom. The molecule has 0 spiro atoms. The Kier molecular flexibility index (Phi) is 9.23. The number of unbranched alkanes of at least 4 members (excludes halogenated alkanes) is 2. The molecule has 0 fully saturated rings. The first-order chi connectivity index (χ1) is 13.0. The van der Waals surface area contributed by atoms with Crippen molar-refractivity contribution in [2.45, 2.75) is 56.7 Å². The summed E-state index contributed by atoms with van der Waals surface area (Å²) in [5.41, 5.74) is 2.25. The van der Waals surface area contributed by atoms with E-state index in [0.717, 1.165) is 11.1 Å². The van der Waals surface area contributed by atoms with Crippen molar-refractivity contribution in [1.82, 2.24) is 0 Å². The number of hydrogen-bond donors (Lipinski definition) is 0. The number of ether oxygens (including phenoxy) is 1. The Balaban J connectivity index is 1.91. The number of esters is 1. The lowest BCUT2D eigenvalue weighted by Gasteiger charge is -2.12. The highest BCUT2D eigenvalue weighted by Crippen LogP contribution is 2.27. The van der Waals surface area contributed by atoms with Gasteiger partial charge in [0.05, 0.1) is 0 Å². The van der Waals surface area contributed by atoms with Crippen LogP contribution in [0.3, 0.4) is 0 Å². The van der Waals surface area contributed by atoms with E-state index in [-0.39, 0.29) is 5.97 Å². The Morgan fingerprint density at radius 3 is 2.15 bits per heavy atom. The molecule has 0 radical (unpaired) electrons. The van der Waals surface area contributed by atoms with Gasteiger partial charge in [0.2, 0.25) is 0 Å². The van der Waals surface area contributed by atoms with Crippen molar-refractivity contribution in [2.75, 3.05) is 5.75 Å². The molecule has 0 amide bonds. The van der Waals surface area contributed by atoms with Crippen molar-refractivity contribution in [2.24, 2.45) is 5.92 Å². The number of carbonyl (C=O) groups excluding carboxylic acids is 1. The van der Waals surface area contributed by atoms with Crippen molar-refractivity contribution < 1.29 is 9.53 Å². The third-order valence-corrected chi connectivity index (χ3v) is 5.67. The van der Waals surface area contributed by atoms with E-state index in [1.807, 2.05) is 49.9 Å². The van der Waals surface area contributed by atoms with Crippen molar-refractivity contribution >= 4 is 29.3 Å². The predicted octanol–water partition coefficient (Wildman–Crippen LogP) is 7.19. The van der Waals surface area contributed by atoms with Crippen molar-refractivity contribution in [1.29, 1.82) is 0 Å². The van der Waals surface area contributed by atoms with E-state index in [9.17, 15) is 4.79 Å². The second-order valence-electron chi connectivity index (χ2n) is 7.12. The third kappa shape index (κ3) is 7.59. The predicted molar refractivity (Wildman–Crippen MR) is 117 cm³/mol. The highest BCUT2D eigenvalue weighted by atomic mass is 35.5. The van der Waals surface area contributed by atoms with Crippen LogP contribution in [0.15, 0.2) is 53.4 Å². The maximum atomic E-state index is 12.0. The molecule has 0 aliphatic rings. The summed E-state index contributed by atoms with van der Waals surface area (Å²) in [6.07, 6.45) is 4.43. The van der Waals surface area contributed by atoms with E-state index < -0.39 is 5.38 Å². The standard InChI is InChI=1S/C23H29ClO2S/c1-4-5-6-15-27-21-13-9-19(10-14-21)18-7-11-20(12-8-18)26-23(25)22(24)16-17(2)3/h7-14,17,22H,4-6,15-16H2,1-3H3/t22-/m0/s1. The molecule has 2 nitrogen and oxygen atoms in total. The summed E-state index contributed by atoms with van der Waals surface area (Å²) >= 11 is 8.01. The Hall–Kier alpha value is -1.45. The number of benzene rings is 2. The van der Waals surface area contributed by atoms with Gasteiger partial charge in [-0.05, 0) is 59.9 Å². The molecule has 0 bridgehead atoms. The fourth-order valence-electron chi connectivity index (χ4n) is 2.69. The molecule has 2 aromatic carbocycles. The maximum Gasteiger partial charge on any atom is 0.329 e. The van der Waals surface area contributed by atoms with Gasteiger partial charge in [-0.15, -0.1) is 23.4 Å². The molecule has 1 atom stereocenters. The van der Waals surface area contributed by atoms with Crippen LogP contribution >= 0.6 is 23.4 Å². The van der Waals surface area contributed by atoms with Crippen molar-refractivity contribution in [3.8, 4) is 16.9 Å². The van der Waals surface area contributed by atoms with Crippen LogP contribution < -0.4 is 4.74 Å². The number of rotatable bonds is 10. The minimum absolute atomic E-state index is 0.357. The molecule has 0 saturated heterocycles. The molecular formula is C23H29ClO2S. The number of alkyl halides is 1. The lowest BCUT2D eigenvalue weighted by Crippen LogP contribution is -2.22. The minimum Gasteiger partial charge on any atom is -0.425 e. The van der Waals surface area contributed by atoms with Gasteiger partial charge in [0.25, 0.3) is 0 Å². The normalized spacial score (nSPS) is 12.2. The molecule has 0 aromatic heterocycles. The smallest absolute Gasteiger partial charge is 0.329 e. The summed E-state index contributed by atoms with van der Waals surface area (Å²) in [5.74, 6) is 1.67. The number of thioether (sulfide) groups is 1. The van der Waals surface area contributed by atoms with Gasteiger partial charge in [-0.3, -0.25) is 4.79 Å². The fourth-order valence-corrected chi connectivity index (χ4v) is 4.00. The van der Waals surface area contributed by atoms with Crippen LogP contribution in [0.4, 0.5) is 0 Å². The summed E-state index contributed by atoms with van der Waals surface area (Å²) in [4.78, 5) is 13.3. The SMILES string of the molecule is CCCCCSc1ccc(-c2ccc(OC(=O)[C@@H](Cl)CC(C)C)cc2)cc1. The molecule has 0 N–H and O–H groups in total. The zero-order valence-corrected chi connectivity index (χ0v) is 18.0. The molecule has 0 aliphatic carbocycles. The van der Waals surface area contributed by atoms with E-state index in [0.29, 0.717) is 18.1 Å². The van der Waals surface area contributed by atoms with Crippen molar-refractivity contribution in [3.05, 3.63) is 48.5 Å². The first-order valence-corrected chi connectivity index (χ1v) is 11.1. The Bertz CT molecular complexity index is 695. The van der Waals surface area contributed by atoms with Crippen LogP contribution in [-0.2, 0) is 4.79 Å². The van der Waals surface area contributed by atoms with Gasteiger partial charge >= 0.3 is 5.97 Å². The van der Waals surface area contributed by atoms with Crippen LogP contribution in [-0.4, -0.2) is 17.1 Å². The average Bonchev–Trinajstić information content (AvgIpc) is 2.66. The van der Waals surface area contributed by atoms with E-state index in [1.165, 1.54) is 29.9 Å². The molecule has 0 heterocycles. The first-order valence-electron chi connectivity index (χ1n) is 9.68. The lowest BCUT2D eigenvalue weighted by atomic mass is 10.1. The second-order valence-corrected chi connectivity index (χ2v) is 8.82. The molecular weight excluding hydrogens is 376 g/mol. The van der Waals surface area contributed by atoms with Gasteiger partial charge in [0, 0.05) is 4.90 Å². The Morgan fingerprint density at radius 1 is 1.00 bits per heavy atom. The maximum absolute atomic E-state index is 12.0. The van der Waals surface area contributed by atoms with Gasteiger partial charge in [-0.1, -0.05) is 57.9 Å². The fraction of sp³-hybridized carbons (Fsp3) is 0.435. The molecule has 0 unspecified atom stereocenters. The van der Waals surface area contributed by atoms with E-state index in [2.05, 4.69) is 31.2 Å². The largest absolute Gasteiger partial charge is 0.425 e. The summed E-state index contributed by atoms with van der Waals surface area (Å²) < 4.78 is 5.38. The van der Waals surface area contributed by atoms with Gasteiger partial charge in [0.1, 0.15) is 11.1 Å². The topological polar surface area (TPSA) is 26.3 Å². The summed E-state index contributed by atoms with van der Waals surface area (Å²) in [7, 11) is 0. The number of halogens is 1. The lowest BCUT2D eigenvalue weighted by molar-refractivity contribution is -0.134. The van der Waals surface area contributed by atoms with E-state index in [1.54, 1.807) is 0 Å². The van der Waals surface area contributed by atoms with Gasteiger partial charge in [-0.25, -0.2) is 0 Å². The first kappa shape index (κ1) is 21.8. The van der Waals surface area contributed by atoms with Gasteiger partial charge < -0.3 is 4.74 Å². The third-order valence-electron chi connectivity index (χ3n) is 4.21. The molecule has 2 aromatic rings. The molecule has 2 rings (SSSR count). The highest BCUT2D eigenvalue weighted by molar-refractivity contribution is 7.99. The molecule has 4 heteroatoms. The molecule has 0 saturated carbocycles. The average molecular weight is 405 g/mol. The van der Waals surface area contributed by atoms with Crippen LogP contribution in [0.25, 0.3) is 11.1 Å². The monoisotopic (exact) mass is 404 g/mol. The molecule has 146 valence electrons. The number of hydrogen-bond acceptors (Lipinski definition) is 3. The van der Waals surface area contributed by atoms with Crippen LogP contribution in [0.5, 0.6) is 5.75 Å².